The highest BCUT2D eigenvalue weighted by Crippen LogP contribution is 2.28. The molecule has 0 aromatic rings. The van der Waals surface area contributed by atoms with Crippen LogP contribution in [-0.4, -0.2) is 37.1 Å². The van der Waals surface area contributed by atoms with E-state index in [1.807, 2.05) is 0 Å². The number of nitrogens with one attached hydrogen (secondary N) is 1. The largest absolute Gasteiger partial charge is 0.316 e. The average Bonchev–Trinajstić information content (AvgIpc) is 2.39. The van der Waals surface area contributed by atoms with Gasteiger partial charge in [0.05, 0.1) is 0 Å². The molecule has 0 bridgehead atoms. The molecule has 0 aliphatic heterocycles. The summed E-state index contributed by atoms with van der Waals surface area (Å²) in [4.78, 5) is 2.64. The second kappa shape index (κ2) is 8.93. The van der Waals surface area contributed by atoms with E-state index < -0.39 is 0 Å². The molecule has 0 rings (SSSR count). The SMILES string of the molecule is CCNCC(CC)(CC)CN(CC)C(C)CC. The maximum absolute atomic E-state index is 3.55. The lowest BCUT2D eigenvalue weighted by molar-refractivity contribution is 0.107. The maximum Gasteiger partial charge on any atom is 0.00644 e. The summed E-state index contributed by atoms with van der Waals surface area (Å²) in [6.07, 6.45) is 3.78. The van der Waals surface area contributed by atoms with Gasteiger partial charge in [-0.3, -0.25) is 0 Å². The predicted molar refractivity (Wildman–Crippen MR) is 78.6 cm³/mol. The predicted octanol–water partition coefficient (Wildman–Crippen LogP) is 3.52. The van der Waals surface area contributed by atoms with Crippen LogP contribution >= 0.6 is 0 Å². The van der Waals surface area contributed by atoms with E-state index in [4.69, 9.17) is 0 Å². The van der Waals surface area contributed by atoms with Crippen molar-refractivity contribution in [3.8, 4) is 0 Å². The van der Waals surface area contributed by atoms with Crippen LogP contribution in [0.4, 0.5) is 0 Å². The van der Waals surface area contributed by atoms with Gasteiger partial charge in [0.2, 0.25) is 0 Å². The van der Waals surface area contributed by atoms with E-state index in [2.05, 4.69) is 51.8 Å². The number of rotatable bonds is 10. The fourth-order valence-corrected chi connectivity index (χ4v) is 2.44. The molecule has 2 heteroatoms. The molecule has 0 amide bonds. The Labute approximate surface area is 109 Å². The standard InChI is InChI=1S/C15H34N2/c1-7-14(6)17(11-5)13-15(8-2,9-3)12-16-10-4/h14,16H,7-13H2,1-6H3. The van der Waals surface area contributed by atoms with Crippen molar-refractivity contribution in [2.75, 3.05) is 26.2 Å². The molecule has 17 heavy (non-hydrogen) atoms. The minimum absolute atomic E-state index is 0.454. The fourth-order valence-electron chi connectivity index (χ4n) is 2.44. The monoisotopic (exact) mass is 242 g/mol. The molecule has 0 fully saturated rings. The molecule has 0 spiro atoms. The average molecular weight is 242 g/mol. The van der Waals surface area contributed by atoms with E-state index in [9.17, 15) is 0 Å². The Morgan fingerprint density at radius 2 is 1.65 bits per heavy atom. The Bertz CT molecular complexity index is 176. The highest BCUT2D eigenvalue weighted by atomic mass is 15.2. The third-order valence-corrected chi connectivity index (χ3v) is 4.41. The Morgan fingerprint density at radius 1 is 1.06 bits per heavy atom. The van der Waals surface area contributed by atoms with Gasteiger partial charge in [0.1, 0.15) is 0 Å². The van der Waals surface area contributed by atoms with Gasteiger partial charge in [-0.15, -0.1) is 0 Å². The normalized spacial score (nSPS) is 14.3. The summed E-state index contributed by atoms with van der Waals surface area (Å²) < 4.78 is 0. The van der Waals surface area contributed by atoms with Gasteiger partial charge in [-0.25, -0.2) is 0 Å². The van der Waals surface area contributed by atoms with Crippen LogP contribution in [0.5, 0.6) is 0 Å². The number of nitrogens with zero attached hydrogens (tertiary/aromatic N) is 1. The first kappa shape index (κ1) is 16.9. The number of hydrogen-bond acceptors (Lipinski definition) is 2. The smallest absolute Gasteiger partial charge is 0.00644 e. The lowest BCUT2D eigenvalue weighted by atomic mass is 9.81. The molecular formula is C15H34N2. The van der Waals surface area contributed by atoms with Crippen LogP contribution in [0.15, 0.2) is 0 Å². The van der Waals surface area contributed by atoms with Crippen molar-refractivity contribution in [2.24, 2.45) is 5.41 Å². The second-order valence-corrected chi connectivity index (χ2v) is 5.31. The zero-order valence-electron chi connectivity index (χ0n) is 13.0. The summed E-state index contributed by atoms with van der Waals surface area (Å²) in [7, 11) is 0. The summed E-state index contributed by atoms with van der Waals surface area (Å²) >= 11 is 0. The Kier molecular flexibility index (Phi) is 8.89. The first-order valence-corrected chi connectivity index (χ1v) is 7.53. The molecule has 1 N–H and O–H groups in total. The molecule has 0 aromatic carbocycles. The topological polar surface area (TPSA) is 15.3 Å². The Morgan fingerprint density at radius 3 is 2.00 bits per heavy atom. The summed E-state index contributed by atoms with van der Waals surface area (Å²) in [5.41, 5.74) is 0.454. The van der Waals surface area contributed by atoms with Gasteiger partial charge in [-0.05, 0) is 44.7 Å². The summed E-state index contributed by atoms with van der Waals surface area (Å²) in [6, 6.07) is 0.708. The molecule has 1 unspecified atom stereocenters. The van der Waals surface area contributed by atoms with Crippen LogP contribution in [0.25, 0.3) is 0 Å². The van der Waals surface area contributed by atoms with Crippen LogP contribution in [0.2, 0.25) is 0 Å². The molecule has 1 atom stereocenters. The summed E-state index contributed by atoms with van der Waals surface area (Å²) in [6.45, 7) is 18.4. The number of hydrogen-bond donors (Lipinski definition) is 1. The third kappa shape index (κ3) is 5.39. The van der Waals surface area contributed by atoms with Crippen LogP contribution in [0.1, 0.15) is 60.8 Å². The van der Waals surface area contributed by atoms with E-state index in [0.717, 1.165) is 13.1 Å². The molecule has 0 aliphatic rings. The van der Waals surface area contributed by atoms with Crippen molar-refractivity contribution >= 4 is 0 Å². The van der Waals surface area contributed by atoms with Crippen LogP contribution in [0.3, 0.4) is 0 Å². The lowest BCUT2D eigenvalue weighted by Gasteiger charge is -2.39. The van der Waals surface area contributed by atoms with E-state index in [0.29, 0.717) is 11.5 Å². The van der Waals surface area contributed by atoms with Crippen LogP contribution < -0.4 is 5.32 Å². The van der Waals surface area contributed by atoms with E-state index in [1.54, 1.807) is 0 Å². The summed E-state index contributed by atoms with van der Waals surface area (Å²) in [5.74, 6) is 0. The third-order valence-electron chi connectivity index (χ3n) is 4.41. The quantitative estimate of drug-likeness (QED) is 0.630. The van der Waals surface area contributed by atoms with Crippen molar-refractivity contribution < 1.29 is 0 Å². The zero-order valence-corrected chi connectivity index (χ0v) is 13.0. The molecule has 0 aliphatic carbocycles. The molecule has 0 radical (unpaired) electrons. The van der Waals surface area contributed by atoms with E-state index in [1.165, 1.54) is 32.4 Å². The molecule has 0 saturated heterocycles. The lowest BCUT2D eigenvalue weighted by Crippen LogP contribution is -2.46. The molecule has 2 nitrogen and oxygen atoms in total. The van der Waals surface area contributed by atoms with Crippen molar-refractivity contribution in [1.82, 2.24) is 10.2 Å². The molecule has 0 aromatic heterocycles. The first-order chi connectivity index (χ1) is 8.09. The van der Waals surface area contributed by atoms with Gasteiger partial charge >= 0.3 is 0 Å². The Balaban J connectivity index is 4.58. The molecule has 0 saturated carbocycles. The second-order valence-electron chi connectivity index (χ2n) is 5.31. The fraction of sp³-hybridized carbons (Fsp3) is 1.00. The molecule has 0 heterocycles. The maximum atomic E-state index is 3.55. The van der Waals surface area contributed by atoms with Crippen LogP contribution in [0, 0.1) is 5.41 Å². The molecule has 104 valence electrons. The zero-order chi connectivity index (χ0) is 13.3. The van der Waals surface area contributed by atoms with Gasteiger partial charge in [-0.1, -0.05) is 34.6 Å². The van der Waals surface area contributed by atoms with Crippen molar-refractivity contribution in [2.45, 2.75) is 66.8 Å². The van der Waals surface area contributed by atoms with Crippen molar-refractivity contribution in [3.05, 3.63) is 0 Å². The first-order valence-electron chi connectivity index (χ1n) is 7.53. The highest BCUT2D eigenvalue weighted by molar-refractivity contribution is 4.84. The van der Waals surface area contributed by atoms with E-state index in [-0.39, 0.29) is 0 Å². The van der Waals surface area contributed by atoms with Gasteiger partial charge in [-0.2, -0.15) is 0 Å². The van der Waals surface area contributed by atoms with E-state index >= 15 is 0 Å². The van der Waals surface area contributed by atoms with Gasteiger partial charge in [0, 0.05) is 19.1 Å². The van der Waals surface area contributed by atoms with Crippen LogP contribution in [-0.2, 0) is 0 Å². The van der Waals surface area contributed by atoms with Gasteiger partial charge in [0.25, 0.3) is 0 Å². The van der Waals surface area contributed by atoms with Gasteiger partial charge in [0.15, 0.2) is 0 Å². The molecular weight excluding hydrogens is 208 g/mol. The van der Waals surface area contributed by atoms with Gasteiger partial charge < -0.3 is 10.2 Å². The van der Waals surface area contributed by atoms with Crippen molar-refractivity contribution in [3.63, 3.8) is 0 Å². The minimum atomic E-state index is 0.454. The Hall–Kier alpha value is -0.0800. The minimum Gasteiger partial charge on any atom is -0.316 e. The summed E-state index contributed by atoms with van der Waals surface area (Å²) in [5, 5.41) is 3.55. The van der Waals surface area contributed by atoms with Crippen molar-refractivity contribution in [1.29, 1.82) is 0 Å². The highest BCUT2D eigenvalue weighted by Gasteiger charge is 2.29.